The average molecular weight is 218 g/mol. The molecule has 0 saturated carbocycles. The Kier molecular flexibility index (Phi) is 5.05. The van der Waals surface area contributed by atoms with Gasteiger partial charge in [0.05, 0.1) is 0 Å². The van der Waals surface area contributed by atoms with Crippen molar-refractivity contribution in [2.75, 3.05) is 0 Å². The maximum absolute atomic E-state index is 2.42. The topological polar surface area (TPSA) is 0 Å². The van der Waals surface area contributed by atoms with Gasteiger partial charge in [-0.05, 0) is 51.4 Å². The van der Waals surface area contributed by atoms with Crippen molar-refractivity contribution < 1.29 is 0 Å². The van der Waals surface area contributed by atoms with E-state index in [9.17, 15) is 0 Å². The van der Waals surface area contributed by atoms with Crippen LogP contribution in [0.5, 0.6) is 0 Å². The van der Waals surface area contributed by atoms with E-state index >= 15 is 0 Å². The summed E-state index contributed by atoms with van der Waals surface area (Å²) in [6.45, 7) is 9.18. The molecule has 16 heavy (non-hydrogen) atoms. The molecule has 1 aliphatic rings. The summed E-state index contributed by atoms with van der Waals surface area (Å²) in [6, 6.07) is 0. The molecule has 0 saturated heterocycles. The summed E-state index contributed by atoms with van der Waals surface area (Å²) < 4.78 is 0. The predicted molar refractivity (Wildman–Crippen MR) is 73.5 cm³/mol. The van der Waals surface area contributed by atoms with Gasteiger partial charge in [0, 0.05) is 0 Å². The zero-order valence-electron chi connectivity index (χ0n) is 11.3. The smallest absolute Gasteiger partial charge is 0.0166 e. The molecule has 1 aliphatic carbocycles. The minimum Gasteiger partial charge on any atom is -0.0853 e. The molecule has 0 atom stereocenters. The molecule has 0 amide bonds. The lowest BCUT2D eigenvalue weighted by Crippen LogP contribution is -2.07. The van der Waals surface area contributed by atoms with E-state index in [0.717, 1.165) is 6.42 Å². The van der Waals surface area contributed by atoms with Gasteiger partial charge in [0.2, 0.25) is 0 Å². The van der Waals surface area contributed by atoms with Crippen LogP contribution in [0.25, 0.3) is 0 Å². The molecule has 0 radical (unpaired) electrons. The van der Waals surface area contributed by atoms with E-state index in [1.807, 2.05) is 0 Å². The quantitative estimate of drug-likeness (QED) is 0.476. The molecule has 0 aromatic carbocycles. The fraction of sp³-hybridized carbons (Fsp3) is 0.625. The van der Waals surface area contributed by atoms with Crippen molar-refractivity contribution in [3.05, 3.63) is 35.5 Å². The van der Waals surface area contributed by atoms with Crippen LogP contribution < -0.4 is 0 Å². The molecule has 1 rings (SSSR count). The first-order valence-electron chi connectivity index (χ1n) is 6.48. The minimum absolute atomic E-state index is 0.343. The lowest BCUT2D eigenvalue weighted by molar-refractivity contribution is 0.436. The van der Waals surface area contributed by atoms with E-state index < -0.39 is 0 Å². The van der Waals surface area contributed by atoms with E-state index in [1.165, 1.54) is 31.3 Å². The summed E-state index contributed by atoms with van der Waals surface area (Å²) >= 11 is 0. The summed E-state index contributed by atoms with van der Waals surface area (Å²) in [4.78, 5) is 0. The van der Waals surface area contributed by atoms with Gasteiger partial charge < -0.3 is 0 Å². The summed E-state index contributed by atoms with van der Waals surface area (Å²) in [5.41, 5.74) is 3.41. The van der Waals surface area contributed by atoms with Crippen LogP contribution in [0, 0.1) is 5.41 Å². The van der Waals surface area contributed by atoms with Crippen molar-refractivity contribution in [2.45, 2.75) is 59.8 Å². The van der Waals surface area contributed by atoms with Crippen LogP contribution in [0.4, 0.5) is 0 Å². The molecule has 0 heteroatoms. The van der Waals surface area contributed by atoms with E-state index in [1.54, 1.807) is 5.57 Å². The van der Waals surface area contributed by atoms with Crippen LogP contribution in [0.15, 0.2) is 35.5 Å². The molecule has 0 aliphatic heterocycles. The van der Waals surface area contributed by atoms with Gasteiger partial charge in [-0.1, -0.05) is 49.3 Å². The van der Waals surface area contributed by atoms with E-state index in [4.69, 9.17) is 0 Å². The molecule has 0 nitrogen and oxygen atoms in total. The van der Waals surface area contributed by atoms with Crippen LogP contribution in [-0.2, 0) is 0 Å². The molecule has 0 bridgehead atoms. The van der Waals surface area contributed by atoms with Gasteiger partial charge >= 0.3 is 0 Å². The lowest BCUT2D eigenvalue weighted by Gasteiger charge is -2.20. The maximum Gasteiger partial charge on any atom is -0.0166 e. The highest BCUT2D eigenvalue weighted by molar-refractivity contribution is 5.09. The Labute approximate surface area is 101 Å². The Bertz CT molecular complexity index is 300. The van der Waals surface area contributed by atoms with Crippen molar-refractivity contribution >= 4 is 0 Å². The van der Waals surface area contributed by atoms with E-state index in [0.29, 0.717) is 5.41 Å². The Morgan fingerprint density at radius 1 is 1.00 bits per heavy atom. The molecular formula is C16H26. The number of hydrogen-bond donors (Lipinski definition) is 0. The summed E-state index contributed by atoms with van der Waals surface area (Å²) in [5.74, 6) is 0. The highest BCUT2D eigenvalue weighted by Gasteiger charge is 2.13. The second-order valence-corrected chi connectivity index (χ2v) is 5.77. The first-order chi connectivity index (χ1) is 7.49. The summed E-state index contributed by atoms with van der Waals surface area (Å²) in [7, 11) is 0. The van der Waals surface area contributed by atoms with Gasteiger partial charge in [-0.2, -0.15) is 0 Å². The first kappa shape index (κ1) is 13.3. The zero-order valence-corrected chi connectivity index (χ0v) is 11.3. The molecule has 0 unspecified atom stereocenters. The Morgan fingerprint density at radius 2 is 1.69 bits per heavy atom. The largest absolute Gasteiger partial charge is 0.0853 e. The van der Waals surface area contributed by atoms with Gasteiger partial charge in [0.25, 0.3) is 0 Å². The highest BCUT2D eigenvalue weighted by Crippen LogP contribution is 2.27. The van der Waals surface area contributed by atoms with Crippen LogP contribution in [0.1, 0.15) is 59.8 Å². The van der Waals surface area contributed by atoms with Gasteiger partial charge in [0.15, 0.2) is 0 Å². The fourth-order valence-electron chi connectivity index (χ4n) is 2.01. The van der Waals surface area contributed by atoms with Crippen molar-refractivity contribution in [3.63, 3.8) is 0 Å². The van der Waals surface area contributed by atoms with E-state index in [2.05, 4.69) is 52.0 Å². The predicted octanol–water partition coefficient (Wildman–Crippen LogP) is 5.43. The third kappa shape index (κ3) is 5.34. The zero-order chi connectivity index (χ0) is 12.0. The van der Waals surface area contributed by atoms with Crippen molar-refractivity contribution in [3.8, 4) is 0 Å². The minimum atomic E-state index is 0.343. The second kappa shape index (κ2) is 6.08. The summed E-state index contributed by atoms with van der Waals surface area (Å²) in [6.07, 6.45) is 15.5. The molecule has 0 spiro atoms. The Morgan fingerprint density at radius 3 is 2.44 bits per heavy atom. The van der Waals surface area contributed by atoms with Gasteiger partial charge in [-0.15, -0.1) is 0 Å². The van der Waals surface area contributed by atoms with Crippen LogP contribution in [0.2, 0.25) is 0 Å². The fourth-order valence-corrected chi connectivity index (χ4v) is 2.01. The molecule has 0 aromatic heterocycles. The number of hydrogen-bond acceptors (Lipinski definition) is 0. The normalized spacial score (nSPS) is 22.8. The monoisotopic (exact) mass is 218 g/mol. The maximum atomic E-state index is 2.42. The Balaban J connectivity index is 2.74. The van der Waals surface area contributed by atoms with Gasteiger partial charge in [-0.25, -0.2) is 0 Å². The third-order valence-corrected chi connectivity index (χ3v) is 3.37. The van der Waals surface area contributed by atoms with Crippen molar-refractivity contribution in [1.29, 1.82) is 0 Å². The van der Waals surface area contributed by atoms with E-state index in [-0.39, 0.29) is 0 Å². The number of rotatable bonds is 0. The third-order valence-electron chi connectivity index (χ3n) is 3.37. The average Bonchev–Trinajstić information content (AvgIpc) is 2.21. The molecule has 90 valence electrons. The first-order valence-corrected chi connectivity index (χ1v) is 6.48. The molecule has 0 N–H and O–H groups in total. The Hall–Kier alpha value is -0.780. The molecular weight excluding hydrogens is 192 g/mol. The summed E-state index contributed by atoms with van der Waals surface area (Å²) in [5, 5.41) is 0. The van der Waals surface area contributed by atoms with Crippen LogP contribution in [-0.4, -0.2) is 0 Å². The highest BCUT2D eigenvalue weighted by atomic mass is 14.2. The standard InChI is InChI=1S/C16H26/c1-14-8-5-6-12-16(3,4)13-11-15(2)10-7-9-14/h6,8,10,12H,5,7,9,11,13H2,1-4H3. The molecule has 0 heterocycles. The lowest BCUT2D eigenvalue weighted by atomic mass is 9.85. The van der Waals surface area contributed by atoms with Crippen molar-refractivity contribution in [1.82, 2.24) is 0 Å². The van der Waals surface area contributed by atoms with Crippen LogP contribution in [0.3, 0.4) is 0 Å². The van der Waals surface area contributed by atoms with Crippen molar-refractivity contribution in [2.24, 2.45) is 5.41 Å². The SMILES string of the molecule is CC1=CCC=CC(C)(C)CCC(C)=CCC1. The van der Waals surface area contributed by atoms with Gasteiger partial charge in [0.1, 0.15) is 0 Å². The molecule has 0 aromatic rings. The number of allylic oxidation sites excluding steroid dienone is 6. The van der Waals surface area contributed by atoms with Crippen LogP contribution >= 0.6 is 0 Å². The van der Waals surface area contributed by atoms with Gasteiger partial charge in [-0.3, -0.25) is 0 Å². The second-order valence-electron chi connectivity index (χ2n) is 5.77. The molecule has 0 fully saturated rings.